The minimum Gasteiger partial charge on any atom is -0.496 e. The van der Waals surface area contributed by atoms with Gasteiger partial charge in [0.1, 0.15) is 5.75 Å². The van der Waals surface area contributed by atoms with E-state index in [1.54, 1.807) is 26.2 Å². The van der Waals surface area contributed by atoms with Crippen LogP contribution in [-0.4, -0.2) is 32.9 Å². The first kappa shape index (κ1) is 19.4. The first-order chi connectivity index (χ1) is 12.9. The Labute approximate surface area is 160 Å². The molecule has 0 radical (unpaired) electrons. The number of hydrogen-bond donors (Lipinski definition) is 1. The number of carbonyl (C=O) groups is 1. The molecule has 1 N–H and O–H groups in total. The van der Waals surface area contributed by atoms with E-state index in [4.69, 9.17) is 4.74 Å². The number of rotatable bonds is 7. The van der Waals surface area contributed by atoms with Crippen LogP contribution in [0.25, 0.3) is 0 Å². The molecule has 0 atom stereocenters. The molecule has 0 unspecified atom stereocenters. The molecule has 1 heterocycles. The molecule has 0 saturated carbocycles. The van der Waals surface area contributed by atoms with Crippen molar-refractivity contribution in [2.24, 2.45) is 0 Å². The summed E-state index contributed by atoms with van der Waals surface area (Å²) in [6, 6.07) is 12.4. The Balaban J connectivity index is 1.74. The highest BCUT2D eigenvalue weighted by atomic mass is 32.2. The molecule has 144 valence electrons. The summed E-state index contributed by atoms with van der Waals surface area (Å²) in [5.74, 6) is 0.800. The van der Waals surface area contributed by atoms with Gasteiger partial charge in [-0.1, -0.05) is 24.3 Å². The van der Waals surface area contributed by atoms with Gasteiger partial charge in [-0.2, -0.15) is 0 Å². The number of ether oxygens (including phenoxy) is 1. The predicted octanol–water partition coefficient (Wildman–Crippen LogP) is 2.60. The Kier molecular flexibility index (Phi) is 5.82. The van der Waals surface area contributed by atoms with Gasteiger partial charge in [0, 0.05) is 26.1 Å². The number of sulfonamides is 1. The van der Waals surface area contributed by atoms with Gasteiger partial charge in [0.2, 0.25) is 15.9 Å². The third-order valence-corrected chi connectivity index (χ3v) is 6.18. The number of aryl methyl sites for hydroxylation is 1. The second kappa shape index (κ2) is 8.10. The number of carbonyl (C=O) groups excluding carboxylic acids is 1. The van der Waals surface area contributed by atoms with Crippen LogP contribution in [0.5, 0.6) is 5.75 Å². The van der Waals surface area contributed by atoms with Crippen molar-refractivity contribution < 1.29 is 17.9 Å². The van der Waals surface area contributed by atoms with Gasteiger partial charge in [-0.15, -0.1) is 0 Å². The highest BCUT2D eigenvalue weighted by Crippen LogP contribution is 2.22. The van der Waals surface area contributed by atoms with Crippen molar-refractivity contribution in [3.8, 4) is 5.75 Å². The lowest BCUT2D eigenvalue weighted by atomic mass is 10.1. The molecule has 3 rings (SSSR count). The van der Waals surface area contributed by atoms with E-state index in [0.29, 0.717) is 18.7 Å². The first-order valence-electron chi connectivity index (χ1n) is 8.89. The quantitative estimate of drug-likeness (QED) is 0.791. The van der Waals surface area contributed by atoms with E-state index in [-0.39, 0.29) is 17.3 Å². The molecular weight excluding hydrogens is 364 g/mol. The van der Waals surface area contributed by atoms with Crippen molar-refractivity contribution in [3.63, 3.8) is 0 Å². The molecule has 0 spiro atoms. The summed E-state index contributed by atoms with van der Waals surface area (Å²) in [7, 11) is -2.09. The number of nitrogens with zero attached hydrogens (tertiary/aromatic N) is 1. The third-order valence-electron chi connectivity index (χ3n) is 4.78. The summed E-state index contributed by atoms with van der Waals surface area (Å²) in [4.78, 5) is 13.9. The van der Waals surface area contributed by atoms with Crippen molar-refractivity contribution in [3.05, 3.63) is 59.2 Å². The minimum atomic E-state index is -3.65. The molecule has 6 nitrogen and oxygen atoms in total. The summed E-state index contributed by atoms with van der Waals surface area (Å²) < 4.78 is 33.1. The number of benzene rings is 2. The van der Waals surface area contributed by atoms with E-state index >= 15 is 0 Å². The normalized spacial score (nSPS) is 14.6. The van der Waals surface area contributed by atoms with E-state index in [9.17, 15) is 13.2 Å². The highest BCUT2D eigenvalue weighted by Gasteiger charge is 2.21. The average molecular weight is 388 g/mol. The maximum absolute atomic E-state index is 12.6. The van der Waals surface area contributed by atoms with Gasteiger partial charge in [0.15, 0.2) is 0 Å². The van der Waals surface area contributed by atoms with Gasteiger partial charge < -0.3 is 9.64 Å². The number of likely N-dealkylation sites (tertiary alicyclic amines) is 1. The number of nitrogens with one attached hydrogen (secondary N) is 1. The van der Waals surface area contributed by atoms with Crippen molar-refractivity contribution in [2.45, 2.75) is 37.8 Å². The molecule has 0 aliphatic carbocycles. The van der Waals surface area contributed by atoms with Crippen molar-refractivity contribution >= 4 is 15.9 Å². The van der Waals surface area contributed by atoms with Crippen LogP contribution in [0.15, 0.2) is 47.4 Å². The fraction of sp³-hybridized carbons (Fsp3) is 0.350. The average Bonchev–Trinajstić information content (AvgIpc) is 3.05. The fourth-order valence-electron chi connectivity index (χ4n) is 3.24. The second-order valence-electron chi connectivity index (χ2n) is 6.64. The van der Waals surface area contributed by atoms with E-state index in [2.05, 4.69) is 4.72 Å². The molecule has 1 aliphatic heterocycles. The van der Waals surface area contributed by atoms with E-state index in [1.165, 1.54) is 6.07 Å². The number of hydrogen-bond acceptors (Lipinski definition) is 4. The molecular formula is C20H24N2O4S. The lowest BCUT2D eigenvalue weighted by molar-refractivity contribution is -0.128. The zero-order chi connectivity index (χ0) is 19.4. The maximum Gasteiger partial charge on any atom is 0.240 e. The Morgan fingerprint density at radius 3 is 2.52 bits per heavy atom. The molecule has 1 fully saturated rings. The fourth-order valence-corrected chi connectivity index (χ4v) is 4.33. The van der Waals surface area contributed by atoms with Crippen LogP contribution < -0.4 is 9.46 Å². The standard InChI is InChI=1S/C20H24N2O4S/c1-15-12-18(9-10-19(15)26-2)27(24,25)21-13-16-6-3-4-7-17(16)14-22-11-5-8-20(22)23/h3-4,6-7,9-10,12,21H,5,8,11,13-14H2,1-2H3. The molecule has 2 aromatic rings. The SMILES string of the molecule is COc1ccc(S(=O)(=O)NCc2ccccc2CN2CCCC2=O)cc1C. The van der Waals surface area contributed by atoms with Crippen LogP contribution in [0.3, 0.4) is 0 Å². The van der Waals surface area contributed by atoms with Crippen LogP contribution in [0, 0.1) is 6.92 Å². The van der Waals surface area contributed by atoms with Gasteiger partial charge in [-0.25, -0.2) is 13.1 Å². The summed E-state index contributed by atoms with van der Waals surface area (Å²) in [5, 5.41) is 0. The Morgan fingerprint density at radius 1 is 1.15 bits per heavy atom. The third kappa shape index (κ3) is 4.48. The largest absolute Gasteiger partial charge is 0.496 e. The molecule has 27 heavy (non-hydrogen) atoms. The van der Waals surface area contributed by atoms with Crippen LogP contribution in [0.4, 0.5) is 0 Å². The molecule has 0 bridgehead atoms. The van der Waals surface area contributed by atoms with Gasteiger partial charge in [-0.05, 0) is 48.2 Å². The van der Waals surface area contributed by atoms with E-state index < -0.39 is 10.0 Å². The molecule has 1 saturated heterocycles. The summed E-state index contributed by atoms with van der Waals surface area (Å²) in [5.41, 5.74) is 2.58. The Morgan fingerprint density at radius 2 is 1.89 bits per heavy atom. The molecule has 1 amide bonds. The van der Waals surface area contributed by atoms with Crippen LogP contribution >= 0.6 is 0 Å². The smallest absolute Gasteiger partial charge is 0.240 e. The summed E-state index contributed by atoms with van der Waals surface area (Å²) in [6.45, 7) is 3.24. The Hall–Kier alpha value is -2.38. The maximum atomic E-state index is 12.6. The molecule has 7 heteroatoms. The second-order valence-corrected chi connectivity index (χ2v) is 8.41. The van der Waals surface area contributed by atoms with E-state index in [0.717, 1.165) is 29.7 Å². The topological polar surface area (TPSA) is 75.7 Å². The van der Waals surface area contributed by atoms with Crippen LogP contribution in [0.1, 0.15) is 29.5 Å². The molecule has 1 aliphatic rings. The highest BCUT2D eigenvalue weighted by molar-refractivity contribution is 7.89. The van der Waals surface area contributed by atoms with Crippen molar-refractivity contribution in [1.29, 1.82) is 0 Å². The predicted molar refractivity (Wildman–Crippen MR) is 103 cm³/mol. The molecule has 2 aromatic carbocycles. The van der Waals surface area contributed by atoms with Crippen molar-refractivity contribution in [1.82, 2.24) is 9.62 Å². The monoisotopic (exact) mass is 388 g/mol. The summed E-state index contributed by atoms with van der Waals surface area (Å²) >= 11 is 0. The van der Waals surface area contributed by atoms with Gasteiger partial charge in [0.05, 0.1) is 12.0 Å². The number of methoxy groups -OCH3 is 1. The molecule has 0 aromatic heterocycles. The van der Waals surface area contributed by atoms with E-state index in [1.807, 2.05) is 29.2 Å². The van der Waals surface area contributed by atoms with Crippen LogP contribution in [-0.2, 0) is 27.9 Å². The van der Waals surface area contributed by atoms with Crippen LogP contribution in [0.2, 0.25) is 0 Å². The van der Waals surface area contributed by atoms with Crippen molar-refractivity contribution in [2.75, 3.05) is 13.7 Å². The Bertz CT molecular complexity index is 941. The minimum absolute atomic E-state index is 0.152. The number of amides is 1. The van der Waals surface area contributed by atoms with Gasteiger partial charge in [0.25, 0.3) is 0 Å². The lowest BCUT2D eigenvalue weighted by Crippen LogP contribution is -2.27. The van der Waals surface area contributed by atoms with Gasteiger partial charge in [-0.3, -0.25) is 4.79 Å². The zero-order valence-corrected chi connectivity index (χ0v) is 16.4. The lowest BCUT2D eigenvalue weighted by Gasteiger charge is -2.18. The van der Waals surface area contributed by atoms with Gasteiger partial charge >= 0.3 is 0 Å². The first-order valence-corrected chi connectivity index (χ1v) is 10.4. The zero-order valence-electron chi connectivity index (χ0n) is 15.6. The summed E-state index contributed by atoms with van der Waals surface area (Å²) in [6.07, 6.45) is 1.47.